The average Bonchev–Trinajstić information content (AvgIpc) is 3.11. The first kappa shape index (κ1) is 17.5. The lowest BCUT2D eigenvalue weighted by Gasteiger charge is -2.31. The summed E-state index contributed by atoms with van der Waals surface area (Å²) in [7, 11) is 0. The lowest BCUT2D eigenvalue weighted by molar-refractivity contribution is 0.0944. The van der Waals surface area contributed by atoms with E-state index >= 15 is 0 Å². The van der Waals surface area contributed by atoms with Crippen LogP contribution in [0.4, 0.5) is 0 Å². The van der Waals surface area contributed by atoms with Gasteiger partial charge in [0.1, 0.15) is 0 Å². The summed E-state index contributed by atoms with van der Waals surface area (Å²) < 4.78 is 1.85. The van der Waals surface area contributed by atoms with Crippen molar-refractivity contribution in [3.63, 3.8) is 0 Å². The van der Waals surface area contributed by atoms with Gasteiger partial charge in [0.25, 0.3) is 5.91 Å². The number of amides is 1. The molecule has 3 rings (SSSR count). The minimum atomic E-state index is -0.146. The van der Waals surface area contributed by atoms with Crippen LogP contribution in [0.5, 0.6) is 0 Å². The molecule has 0 atom stereocenters. The summed E-state index contributed by atoms with van der Waals surface area (Å²) in [6, 6.07) is 6.33. The first-order chi connectivity index (χ1) is 12.1. The number of rotatable bonds is 6. The number of aromatic nitrogens is 4. The van der Waals surface area contributed by atoms with Gasteiger partial charge in [-0.05, 0) is 30.9 Å². The minimum Gasteiger partial charge on any atom is -0.350 e. The van der Waals surface area contributed by atoms with E-state index in [4.69, 9.17) is 0 Å². The average molecular weight is 342 g/mol. The molecule has 0 saturated carbocycles. The van der Waals surface area contributed by atoms with Crippen LogP contribution in [-0.2, 0) is 6.54 Å². The molecule has 0 bridgehead atoms. The Labute approximate surface area is 148 Å². The van der Waals surface area contributed by atoms with Crippen LogP contribution in [0.2, 0.25) is 0 Å². The molecule has 3 heterocycles. The third-order valence-electron chi connectivity index (χ3n) is 4.46. The van der Waals surface area contributed by atoms with Crippen LogP contribution in [0.3, 0.4) is 0 Å². The summed E-state index contributed by atoms with van der Waals surface area (Å²) in [6.45, 7) is 7.66. The van der Waals surface area contributed by atoms with Crippen molar-refractivity contribution in [2.24, 2.45) is 5.92 Å². The maximum Gasteiger partial charge on any atom is 0.273 e. The van der Waals surface area contributed by atoms with E-state index in [2.05, 4.69) is 45.4 Å². The fourth-order valence-electron chi connectivity index (χ4n) is 3.01. The molecule has 2 aromatic rings. The monoisotopic (exact) mass is 342 g/mol. The largest absolute Gasteiger partial charge is 0.350 e. The van der Waals surface area contributed by atoms with Gasteiger partial charge in [0, 0.05) is 32.4 Å². The number of nitrogens with one attached hydrogen (secondary N) is 1. The van der Waals surface area contributed by atoms with Crippen LogP contribution < -0.4 is 5.32 Å². The number of piperidine rings is 1. The second-order valence-corrected chi connectivity index (χ2v) is 7.02. The van der Waals surface area contributed by atoms with E-state index in [-0.39, 0.29) is 5.91 Å². The van der Waals surface area contributed by atoms with Crippen molar-refractivity contribution in [1.82, 2.24) is 30.2 Å². The summed E-state index contributed by atoms with van der Waals surface area (Å²) in [5.41, 5.74) is 1.50. The Kier molecular flexibility index (Phi) is 5.75. The molecule has 134 valence electrons. The first-order valence-corrected chi connectivity index (χ1v) is 8.94. The first-order valence-electron chi connectivity index (χ1n) is 8.94. The molecule has 0 aliphatic carbocycles. The van der Waals surface area contributed by atoms with Crippen LogP contribution in [0, 0.1) is 5.92 Å². The summed E-state index contributed by atoms with van der Waals surface area (Å²) in [5, 5.41) is 11.1. The van der Waals surface area contributed by atoms with Crippen LogP contribution in [-0.4, -0.2) is 50.4 Å². The van der Waals surface area contributed by atoms with E-state index in [0.717, 1.165) is 38.2 Å². The Balaban J connectivity index is 1.50. The summed E-state index contributed by atoms with van der Waals surface area (Å²) >= 11 is 0. The molecule has 1 saturated heterocycles. The van der Waals surface area contributed by atoms with Crippen molar-refractivity contribution in [3.05, 3.63) is 42.0 Å². The second-order valence-electron chi connectivity index (χ2n) is 7.02. The van der Waals surface area contributed by atoms with E-state index < -0.39 is 0 Å². The minimum absolute atomic E-state index is 0.146. The van der Waals surface area contributed by atoms with E-state index in [1.807, 2.05) is 23.0 Å². The third-order valence-corrected chi connectivity index (χ3v) is 4.46. The van der Waals surface area contributed by atoms with Crippen molar-refractivity contribution < 1.29 is 4.79 Å². The predicted molar refractivity (Wildman–Crippen MR) is 95.0 cm³/mol. The summed E-state index contributed by atoms with van der Waals surface area (Å²) in [4.78, 5) is 18.9. The number of nitrogens with zero attached hydrogens (tertiary/aromatic N) is 5. The van der Waals surface area contributed by atoms with E-state index in [9.17, 15) is 4.79 Å². The van der Waals surface area contributed by atoms with E-state index in [1.165, 1.54) is 0 Å². The molecule has 1 aliphatic heterocycles. The number of hydrogen-bond donors (Lipinski definition) is 1. The zero-order valence-electron chi connectivity index (χ0n) is 14.9. The highest BCUT2D eigenvalue weighted by atomic mass is 16.2. The fraction of sp³-hybridized carbons (Fsp3) is 0.556. The highest BCUT2D eigenvalue weighted by Crippen LogP contribution is 2.22. The van der Waals surface area contributed by atoms with Gasteiger partial charge in [-0.2, -0.15) is 0 Å². The van der Waals surface area contributed by atoms with Gasteiger partial charge in [-0.3, -0.25) is 14.7 Å². The van der Waals surface area contributed by atoms with Crippen molar-refractivity contribution in [3.8, 4) is 0 Å². The number of carbonyl (C=O) groups excluding carboxylic acids is 1. The lowest BCUT2D eigenvalue weighted by atomic mass is 10.1. The zero-order chi connectivity index (χ0) is 17.6. The zero-order valence-corrected chi connectivity index (χ0v) is 14.9. The van der Waals surface area contributed by atoms with Crippen LogP contribution in [0.25, 0.3) is 0 Å². The standard InChI is InChI=1S/C18H26N6O/c1-14(2)11-20-18(25)17-13-24(22-21-17)16-6-9-23(10-7-16)12-15-5-3-4-8-19-15/h3-5,8,13-14,16H,6-7,9-12H2,1-2H3,(H,20,25). The molecule has 0 unspecified atom stereocenters. The Morgan fingerprint density at radius 3 is 2.80 bits per heavy atom. The van der Waals surface area contributed by atoms with Gasteiger partial charge in [-0.25, -0.2) is 4.68 Å². The number of likely N-dealkylation sites (tertiary alicyclic amines) is 1. The molecule has 0 spiro atoms. The Bertz CT molecular complexity index is 676. The molecule has 25 heavy (non-hydrogen) atoms. The van der Waals surface area contributed by atoms with Gasteiger partial charge in [0.15, 0.2) is 5.69 Å². The van der Waals surface area contributed by atoms with E-state index in [1.54, 1.807) is 6.20 Å². The Morgan fingerprint density at radius 2 is 2.12 bits per heavy atom. The molecular weight excluding hydrogens is 316 g/mol. The van der Waals surface area contributed by atoms with Crippen molar-refractivity contribution in [1.29, 1.82) is 0 Å². The molecule has 0 aromatic carbocycles. The third kappa shape index (κ3) is 4.85. The van der Waals surface area contributed by atoms with Gasteiger partial charge in [-0.15, -0.1) is 5.10 Å². The van der Waals surface area contributed by atoms with Gasteiger partial charge in [0.2, 0.25) is 0 Å². The number of carbonyl (C=O) groups is 1. The fourth-order valence-corrected chi connectivity index (χ4v) is 3.01. The number of pyridine rings is 1. The maximum absolute atomic E-state index is 12.1. The normalized spacial score (nSPS) is 16.3. The molecule has 1 amide bonds. The Hall–Kier alpha value is -2.28. The molecule has 2 aromatic heterocycles. The summed E-state index contributed by atoms with van der Waals surface area (Å²) in [6.07, 6.45) is 5.62. The summed E-state index contributed by atoms with van der Waals surface area (Å²) in [5.74, 6) is 0.273. The van der Waals surface area contributed by atoms with E-state index in [0.29, 0.717) is 24.2 Å². The van der Waals surface area contributed by atoms with Gasteiger partial charge >= 0.3 is 0 Å². The molecule has 7 nitrogen and oxygen atoms in total. The predicted octanol–water partition coefficient (Wildman–Crippen LogP) is 1.90. The quantitative estimate of drug-likeness (QED) is 0.868. The lowest BCUT2D eigenvalue weighted by Crippen LogP contribution is -2.34. The Morgan fingerprint density at radius 1 is 1.32 bits per heavy atom. The van der Waals surface area contributed by atoms with Gasteiger partial charge in [-0.1, -0.05) is 25.1 Å². The van der Waals surface area contributed by atoms with Crippen LogP contribution >= 0.6 is 0 Å². The topological polar surface area (TPSA) is 75.9 Å². The molecule has 0 radical (unpaired) electrons. The molecule has 1 fully saturated rings. The molecule has 7 heteroatoms. The van der Waals surface area contributed by atoms with Crippen molar-refractivity contribution >= 4 is 5.91 Å². The highest BCUT2D eigenvalue weighted by Gasteiger charge is 2.23. The van der Waals surface area contributed by atoms with Crippen LogP contribution in [0.15, 0.2) is 30.6 Å². The maximum atomic E-state index is 12.1. The smallest absolute Gasteiger partial charge is 0.273 e. The van der Waals surface area contributed by atoms with Crippen molar-refractivity contribution in [2.75, 3.05) is 19.6 Å². The van der Waals surface area contributed by atoms with Gasteiger partial charge in [0.05, 0.1) is 17.9 Å². The molecular formula is C18H26N6O. The second kappa shape index (κ2) is 8.20. The highest BCUT2D eigenvalue weighted by molar-refractivity contribution is 5.91. The van der Waals surface area contributed by atoms with Crippen LogP contribution in [0.1, 0.15) is 48.9 Å². The van der Waals surface area contributed by atoms with Crippen molar-refractivity contribution in [2.45, 2.75) is 39.3 Å². The SMILES string of the molecule is CC(C)CNC(=O)c1cn(C2CCN(Cc3ccccn3)CC2)nn1. The number of hydrogen-bond acceptors (Lipinski definition) is 5. The van der Waals surface area contributed by atoms with Gasteiger partial charge < -0.3 is 5.32 Å². The molecule has 1 aliphatic rings. The molecule has 1 N–H and O–H groups in total.